The van der Waals surface area contributed by atoms with E-state index in [2.05, 4.69) is 70.9 Å². The molecule has 0 amide bonds. The van der Waals surface area contributed by atoms with Crippen LogP contribution in [0.5, 0.6) is 5.75 Å². The molecule has 0 aliphatic carbocycles. The number of carboxylic acid groups (broad SMARTS) is 1. The van der Waals surface area contributed by atoms with E-state index in [0.29, 0.717) is 13.2 Å². The van der Waals surface area contributed by atoms with Crippen LogP contribution in [0.3, 0.4) is 0 Å². The summed E-state index contributed by atoms with van der Waals surface area (Å²) in [6.45, 7) is 4.28. The Kier molecular flexibility index (Phi) is 7.83. The molecule has 1 heterocycles. The summed E-state index contributed by atoms with van der Waals surface area (Å²) in [6.07, 6.45) is 2.06. The predicted molar refractivity (Wildman–Crippen MR) is 166 cm³/mol. The van der Waals surface area contributed by atoms with Crippen molar-refractivity contribution in [1.29, 1.82) is 0 Å². The minimum atomic E-state index is -0.935. The van der Waals surface area contributed by atoms with E-state index >= 15 is 0 Å². The third-order valence-electron chi connectivity index (χ3n) is 7.41. The molecule has 1 aliphatic heterocycles. The lowest BCUT2D eigenvalue weighted by molar-refractivity contribution is 0.0697. The average molecular weight is 545 g/mol. The highest BCUT2D eigenvalue weighted by Crippen LogP contribution is 2.27. The van der Waals surface area contributed by atoms with Gasteiger partial charge in [-0.15, -0.1) is 0 Å². The second-order valence-electron chi connectivity index (χ2n) is 10.2. The van der Waals surface area contributed by atoms with Gasteiger partial charge < -0.3 is 24.8 Å². The van der Waals surface area contributed by atoms with Gasteiger partial charge in [-0.1, -0.05) is 66.7 Å². The van der Waals surface area contributed by atoms with Gasteiger partial charge in [0.2, 0.25) is 0 Å². The highest BCUT2D eigenvalue weighted by atomic mass is 16.5. The topological polar surface area (TPSA) is 71.0 Å². The van der Waals surface area contributed by atoms with Crippen LogP contribution in [0.2, 0.25) is 0 Å². The molecule has 0 saturated carbocycles. The van der Waals surface area contributed by atoms with E-state index < -0.39 is 5.97 Å². The molecule has 6 rings (SSSR count). The van der Waals surface area contributed by atoms with Crippen molar-refractivity contribution in [2.45, 2.75) is 0 Å². The summed E-state index contributed by atoms with van der Waals surface area (Å²) in [5.41, 5.74) is 4.45. The first kappa shape index (κ1) is 26.4. The summed E-state index contributed by atoms with van der Waals surface area (Å²) < 4.78 is 11.9. The van der Waals surface area contributed by atoms with Gasteiger partial charge in [0, 0.05) is 36.4 Å². The highest BCUT2D eigenvalue weighted by molar-refractivity contribution is 5.90. The Labute approximate surface area is 239 Å². The second-order valence-corrected chi connectivity index (χ2v) is 10.2. The second kappa shape index (κ2) is 12.1. The lowest BCUT2D eigenvalue weighted by Gasteiger charge is -2.29. The van der Waals surface area contributed by atoms with Crippen LogP contribution < -0.4 is 15.0 Å². The number of benzene rings is 5. The Balaban J connectivity index is 1.23. The standard InChI is InChI=1S/C35H32N2O4/c38-35(39)29-10-8-25(9-11-29)20-26(24-41-34-7-3-5-28-4-1-2-6-33(28)34)23-36-31-14-12-27-13-15-32(22-30(27)21-31)37-16-18-40-19-17-37/h1-15,20-22,36H,16-19,23-24H2,(H,38,39). The van der Waals surface area contributed by atoms with Crippen molar-refractivity contribution in [1.82, 2.24) is 0 Å². The maximum atomic E-state index is 11.3. The van der Waals surface area contributed by atoms with Crippen molar-refractivity contribution in [3.05, 3.63) is 120 Å². The molecule has 1 aliphatic rings. The van der Waals surface area contributed by atoms with Gasteiger partial charge in [-0.2, -0.15) is 0 Å². The molecule has 41 heavy (non-hydrogen) atoms. The van der Waals surface area contributed by atoms with Gasteiger partial charge >= 0.3 is 5.97 Å². The molecule has 6 heteroatoms. The fourth-order valence-corrected chi connectivity index (χ4v) is 5.17. The predicted octanol–water partition coefficient (Wildman–Crippen LogP) is 7.10. The number of hydrogen-bond donors (Lipinski definition) is 2. The van der Waals surface area contributed by atoms with Gasteiger partial charge in [0.05, 0.1) is 18.8 Å². The maximum Gasteiger partial charge on any atom is 0.335 e. The van der Waals surface area contributed by atoms with Gasteiger partial charge in [0.1, 0.15) is 12.4 Å². The normalized spacial score (nSPS) is 13.9. The van der Waals surface area contributed by atoms with Crippen molar-refractivity contribution >= 4 is 45.0 Å². The van der Waals surface area contributed by atoms with E-state index in [9.17, 15) is 9.90 Å². The van der Waals surface area contributed by atoms with E-state index in [4.69, 9.17) is 9.47 Å². The molecule has 2 N–H and O–H groups in total. The third kappa shape index (κ3) is 6.34. The van der Waals surface area contributed by atoms with Crippen molar-refractivity contribution in [2.75, 3.05) is 49.7 Å². The average Bonchev–Trinajstić information content (AvgIpc) is 3.02. The lowest BCUT2D eigenvalue weighted by Crippen LogP contribution is -2.36. The minimum absolute atomic E-state index is 0.265. The number of anilines is 2. The molecule has 5 aromatic rings. The van der Waals surface area contributed by atoms with E-state index in [1.54, 1.807) is 12.1 Å². The van der Waals surface area contributed by atoms with Crippen LogP contribution in [0.1, 0.15) is 15.9 Å². The first-order valence-corrected chi connectivity index (χ1v) is 13.9. The maximum absolute atomic E-state index is 11.3. The van der Waals surface area contributed by atoms with Crippen LogP contribution in [0, 0.1) is 0 Å². The Bertz CT molecular complexity index is 1700. The van der Waals surface area contributed by atoms with Crippen LogP contribution in [-0.4, -0.2) is 50.5 Å². The van der Waals surface area contributed by atoms with Crippen molar-refractivity contribution < 1.29 is 19.4 Å². The Morgan fingerprint density at radius 2 is 1.63 bits per heavy atom. The summed E-state index contributed by atoms with van der Waals surface area (Å²) in [4.78, 5) is 13.7. The van der Waals surface area contributed by atoms with E-state index in [1.165, 1.54) is 16.5 Å². The molecule has 5 aromatic carbocycles. The first-order valence-electron chi connectivity index (χ1n) is 13.9. The Morgan fingerprint density at radius 3 is 2.46 bits per heavy atom. The molecule has 0 unspecified atom stereocenters. The zero-order valence-electron chi connectivity index (χ0n) is 22.8. The fourth-order valence-electron chi connectivity index (χ4n) is 5.17. The molecule has 6 nitrogen and oxygen atoms in total. The monoisotopic (exact) mass is 544 g/mol. The van der Waals surface area contributed by atoms with E-state index in [0.717, 1.165) is 59.6 Å². The molecule has 0 spiro atoms. The van der Waals surface area contributed by atoms with Crippen molar-refractivity contribution in [3.63, 3.8) is 0 Å². The number of hydrogen-bond acceptors (Lipinski definition) is 5. The van der Waals surface area contributed by atoms with Gasteiger partial charge in [-0.3, -0.25) is 0 Å². The highest BCUT2D eigenvalue weighted by Gasteiger charge is 2.12. The van der Waals surface area contributed by atoms with Gasteiger partial charge in [-0.25, -0.2) is 4.79 Å². The van der Waals surface area contributed by atoms with Gasteiger partial charge in [0.25, 0.3) is 0 Å². The van der Waals surface area contributed by atoms with Crippen LogP contribution in [0.15, 0.2) is 109 Å². The summed E-state index contributed by atoms with van der Waals surface area (Å²) in [5.74, 6) is -0.105. The molecule has 0 radical (unpaired) electrons. The third-order valence-corrected chi connectivity index (χ3v) is 7.41. The lowest BCUT2D eigenvalue weighted by atomic mass is 10.1. The quantitative estimate of drug-likeness (QED) is 0.206. The SMILES string of the molecule is O=C(O)c1ccc(C=C(CNc2ccc3ccc(N4CCOCC4)cc3c2)COc2cccc3ccccc23)cc1. The Hall–Kier alpha value is -4.81. The van der Waals surface area contributed by atoms with Crippen LogP contribution in [0.4, 0.5) is 11.4 Å². The zero-order valence-corrected chi connectivity index (χ0v) is 22.8. The van der Waals surface area contributed by atoms with Crippen molar-refractivity contribution in [3.8, 4) is 5.75 Å². The molecule has 1 fully saturated rings. The molecular formula is C35H32N2O4. The number of ether oxygens (including phenoxy) is 2. The molecule has 0 aromatic heterocycles. The number of carbonyl (C=O) groups is 1. The summed E-state index contributed by atoms with van der Waals surface area (Å²) in [5, 5.41) is 17.4. The number of nitrogens with one attached hydrogen (secondary N) is 1. The first-order chi connectivity index (χ1) is 20.1. The van der Waals surface area contributed by atoms with Crippen LogP contribution >= 0.6 is 0 Å². The zero-order chi connectivity index (χ0) is 28.0. The van der Waals surface area contributed by atoms with Gasteiger partial charge in [0.15, 0.2) is 0 Å². The number of morpholine rings is 1. The summed E-state index contributed by atoms with van der Waals surface area (Å²) in [6, 6.07) is 34.2. The summed E-state index contributed by atoms with van der Waals surface area (Å²) >= 11 is 0. The molecule has 0 bridgehead atoms. The smallest absolute Gasteiger partial charge is 0.335 e. The van der Waals surface area contributed by atoms with Crippen molar-refractivity contribution in [2.24, 2.45) is 0 Å². The number of rotatable bonds is 9. The van der Waals surface area contributed by atoms with Gasteiger partial charge in [-0.05, 0) is 69.8 Å². The Morgan fingerprint density at radius 1 is 0.854 bits per heavy atom. The van der Waals surface area contributed by atoms with Crippen LogP contribution in [-0.2, 0) is 4.74 Å². The number of fused-ring (bicyclic) bond motifs is 2. The number of nitrogens with zero attached hydrogens (tertiary/aromatic N) is 1. The molecule has 0 atom stereocenters. The summed E-state index contributed by atoms with van der Waals surface area (Å²) in [7, 11) is 0. The minimum Gasteiger partial charge on any atom is -0.489 e. The van der Waals surface area contributed by atoms with E-state index in [-0.39, 0.29) is 5.56 Å². The van der Waals surface area contributed by atoms with E-state index in [1.807, 2.05) is 36.4 Å². The molecule has 206 valence electrons. The number of carboxylic acids is 1. The number of aromatic carboxylic acids is 1. The fraction of sp³-hybridized carbons (Fsp3) is 0.171. The molecular weight excluding hydrogens is 512 g/mol. The largest absolute Gasteiger partial charge is 0.489 e. The van der Waals surface area contributed by atoms with Crippen LogP contribution in [0.25, 0.3) is 27.6 Å². The molecule has 1 saturated heterocycles.